The Kier molecular flexibility index (Phi) is 5.33. The average Bonchev–Trinajstić information content (AvgIpc) is 2.75. The minimum atomic E-state index is -0.680. The third kappa shape index (κ3) is 3.46. The van der Waals surface area contributed by atoms with E-state index in [1.807, 2.05) is 31.2 Å². The van der Waals surface area contributed by atoms with Gasteiger partial charge < -0.3 is 4.74 Å². The van der Waals surface area contributed by atoms with Crippen LogP contribution in [0.2, 0.25) is 5.02 Å². The van der Waals surface area contributed by atoms with Crippen LogP contribution in [0.5, 0.6) is 0 Å². The lowest BCUT2D eigenvalue weighted by atomic mass is 10.1. The zero-order valence-corrected chi connectivity index (χ0v) is 17.2. The summed E-state index contributed by atoms with van der Waals surface area (Å²) in [6.07, 6.45) is 4.81. The van der Waals surface area contributed by atoms with Gasteiger partial charge in [-0.3, -0.25) is 14.3 Å². The number of hydrogen-bond donors (Lipinski definition) is 0. The summed E-state index contributed by atoms with van der Waals surface area (Å²) in [6, 6.07) is 12.6. The molecule has 0 bridgehead atoms. The Morgan fingerprint density at radius 1 is 1.13 bits per heavy atom. The number of nitrogens with zero attached hydrogens (tertiary/aromatic N) is 3. The van der Waals surface area contributed by atoms with Crippen LogP contribution in [0.25, 0.3) is 28.0 Å². The Labute approximate surface area is 177 Å². The molecule has 0 spiro atoms. The van der Waals surface area contributed by atoms with Crippen molar-refractivity contribution in [2.24, 2.45) is 0 Å². The average molecular weight is 420 g/mol. The Bertz CT molecular complexity index is 1300. The molecule has 0 N–H and O–H groups in total. The molecule has 1 aromatic carbocycles. The molecule has 6 nitrogen and oxygen atoms in total. The zero-order valence-electron chi connectivity index (χ0n) is 16.4. The fourth-order valence-corrected chi connectivity index (χ4v) is 3.65. The van der Waals surface area contributed by atoms with Crippen molar-refractivity contribution in [1.29, 1.82) is 0 Å². The summed E-state index contributed by atoms with van der Waals surface area (Å²) < 4.78 is 6.78. The van der Waals surface area contributed by atoms with Gasteiger partial charge >= 0.3 is 5.97 Å². The number of fused-ring (bicyclic) bond motifs is 1. The summed E-state index contributed by atoms with van der Waals surface area (Å²) in [5.41, 5.74) is 2.95. The Balaban J connectivity index is 2.09. The molecule has 30 heavy (non-hydrogen) atoms. The molecule has 3 heterocycles. The van der Waals surface area contributed by atoms with E-state index in [4.69, 9.17) is 21.3 Å². The maximum atomic E-state index is 13.0. The molecular weight excluding hydrogens is 402 g/mol. The maximum Gasteiger partial charge on any atom is 0.343 e. The highest BCUT2D eigenvalue weighted by Gasteiger charge is 2.20. The van der Waals surface area contributed by atoms with Gasteiger partial charge in [0.15, 0.2) is 0 Å². The van der Waals surface area contributed by atoms with Gasteiger partial charge in [-0.1, -0.05) is 23.7 Å². The van der Waals surface area contributed by atoms with E-state index in [-0.39, 0.29) is 12.2 Å². The monoisotopic (exact) mass is 419 g/mol. The second-order valence-corrected chi connectivity index (χ2v) is 7.08. The van der Waals surface area contributed by atoms with Crippen LogP contribution >= 0.6 is 11.6 Å². The molecule has 0 aliphatic rings. The van der Waals surface area contributed by atoms with Crippen LogP contribution in [-0.4, -0.2) is 27.1 Å². The highest BCUT2D eigenvalue weighted by atomic mass is 35.5. The summed E-state index contributed by atoms with van der Waals surface area (Å²) in [4.78, 5) is 34.3. The van der Waals surface area contributed by atoms with Crippen LogP contribution in [0, 0.1) is 6.92 Å². The van der Waals surface area contributed by atoms with E-state index in [9.17, 15) is 9.59 Å². The third-order valence-electron chi connectivity index (χ3n) is 4.75. The first kappa shape index (κ1) is 19.8. The van der Waals surface area contributed by atoms with Crippen LogP contribution in [0.15, 0.2) is 65.8 Å². The molecule has 0 aliphatic heterocycles. The van der Waals surface area contributed by atoms with Crippen molar-refractivity contribution < 1.29 is 9.53 Å². The lowest BCUT2D eigenvalue weighted by molar-refractivity contribution is 0.0524. The van der Waals surface area contributed by atoms with Crippen molar-refractivity contribution in [2.75, 3.05) is 6.61 Å². The number of carbonyl (C=O) groups is 1. The van der Waals surface area contributed by atoms with Gasteiger partial charge in [0.2, 0.25) is 5.43 Å². The Hall–Kier alpha value is -3.51. The highest BCUT2D eigenvalue weighted by molar-refractivity contribution is 6.32. The van der Waals surface area contributed by atoms with Crippen LogP contribution in [0.4, 0.5) is 0 Å². The molecule has 3 aromatic heterocycles. The van der Waals surface area contributed by atoms with Gasteiger partial charge in [-0.2, -0.15) is 0 Å². The number of pyridine rings is 3. The van der Waals surface area contributed by atoms with E-state index in [0.29, 0.717) is 27.4 Å². The first-order valence-corrected chi connectivity index (χ1v) is 9.78. The van der Waals surface area contributed by atoms with Gasteiger partial charge in [0.1, 0.15) is 11.2 Å². The third-order valence-corrected chi connectivity index (χ3v) is 5.06. The first-order valence-electron chi connectivity index (χ1n) is 9.40. The molecule has 4 aromatic rings. The number of carbonyl (C=O) groups excluding carboxylic acids is 1. The molecule has 0 amide bonds. The number of aryl methyl sites for hydroxylation is 1. The predicted octanol–water partition coefficient (Wildman–Crippen LogP) is 4.59. The quantitative estimate of drug-likeness (QED) is 0.452. The van der Waals surface area contributed by atoms with Gasteiger partial charge in [-0.25, -0.2) is 9.78 Å². The summed E-state index contributed by atoms with van der Waals surface area (Å²) in [5.74, 6) is -0.680. The fourth-order valence-electron chi connectivity index (χ4n) is 3.34. The van der Waals surface area contributed by atoms with Gasteiger partial charge in [0.25, 0.3) is 0 Å². The van der Waals surface area contributed by atoms with Gasteiger partial charge in [0.05, 0.1) is 28.4 Å². The highest BCUT2D eigenvalue weighted by Crippen LogP contribution is 2.28. The second kappa shape index (κ2) is 8.08. The molecule has 0 saturated carbocycles. The van der Waals surface area contributed by atoms with Crippen LogP contribution in [-0.2, 0) is 4.74 Å². The van der Waals surface area contributed by atoms with Crippen LogP contribution in [0.3, 0.4) is 0 Å². The number of aromatic nitrogens is 3. The summed E-state index contributed by atoms with van der Waals surface area (Å²) in [5, 5.41) is 0.781. The molecule has 0 fully saturated rings. The lowest BCUT2D eigenvalue weighted by Crippen LogP contribution is -2.21. The molecule has 7 heteroatoms. The van der Waals surface area contributed by atoms with Crippen molar-refractivity contribution in [1.82, 2.24) is 14.5 Å². The summed E-state index contributed by atoms with van der Waals surface area (Å²) in [6.45, 7) is 3.76. The topological polar surface area (TPSA) is 74.1 Å². The molecular formula is C23H18ClN3O3. The number of benzene rings is 1. The number of para-hydroxylation sites is 1. The second-order valence-electron chi connectivity index (χ2n) is 6.67. The minimum absolute atomic E-state index is 0.0675. The number of hydrogen-bond acceptors (Lipinski definition) is 5. The molecule has 150 valence electrons. The van der Waals surface area contributed by atoms with E-state index in [1.165, 1.54) is 6.20 Å². The van der Waals surface area contributed by atoms with Gasteiger partial charge in [-0.15, -0.1) is 0 Å². The van der Waals surface area contributed by atoms with Crippen LogP contribution < -0.4 is 5.43 Å². The Morgan fingerprint density at radius 2 is 1.90 bits per heavy atom. The van der Waals surface area contributed by atoms with Gasteiger partial charge in [0, 0.05) is 24.2 Å². The maximum absolute atomic E-state index is 13.0. The van der Waals surface area contributed by atoms with Gasteiger partial charge in [-0.05, 0) is 49.7 Å². The Morgan fingerprint density at radius 3 is 2.60 bits per heavy atom. The van der Waals surface area contributed by atoms with Crippen molar-refractivity contribution in [3.8, 4) is 16.9 Å². The number of rotatable bonds is 4. The first-order chi connectivity index (χ1) is 14.5. The van der Waals surface area contributed by atoms with Crippen LogP contribution in [0.1, 0.15) is 22.8 Å². The number of esters is 1. The largest absolute Gasteiger partial charge is 0.462 e. The standard InChI is InChI=1S/C23H18ClN3O3/c1-3-30-23(29)17-13-27(20-14(2)5-4-6-18(20)24)22-16(21(17)28)7-8-19(26-22)15-9-11-25-12-10-15/h4-13H,3H2,1-2H3. The normalized spacial score (nSPS) is 10.9. The molecule has 0 atom stereocenters. The molecule has 0 saturated heterocycles. The van der Waals surface area contributed by atoms with Crippen molar-refractivity contribution >= 4 is 28.6 Å². The SMILES string of the molecule is CCOC(=O)c1cn(-c2c(C)cccc2Cl)c2nc(-c3ccncc3)ccc2c1=O. The van der Waals surface area contributed by atoms with Crippen molar-refractivity contribution in [3.63, 3.8) is 0 Å². The van der Waals surface area contributed by atoms with Crippen molar-refractivity contribution in [3.05, 3.63) is 87.4 Å². The predicted molar refractivity (Wildman–Crippen MR) is 116 cm³/mol. The lowest BCUT2D eigenvalue weighted by Gasteiger charge is -2.16. The summed E-state index contributed by atoms with van der Waals surface area (Å²) in [7, 11) is 0. The van der Waals surface area contributed by atoms with E-state index in [0.717, 1.165) is 11.1 Å². The summed E-state index contributed by atoms with van der Waals surface area (Å²) >= 11 is 6.50. The number of halogens is 1. The molecule has 4 rings (SSSR count). The number of ether oxygens (including phenoxy) is 1. The van der Waals surface area contributed by atoms with E-state index < -0.39 is 11.4 Å². The van der Waals surface area contributed by atoms with E-state index >= 15 is 0 Å². The minimum Gasteiger partial charge on any atom is -0.462 e. The van der Waals surface area contributed by atoms with E-state index in [1.54, 1.807) is 42.1 Å². The smallest absolute Gasteiger partial charge is 0.343 e. The van der Waals surface area contributed by atoms with Crippen molar-refractivity contribution in [2.45, 2.75) is 13.8 Å². The molecule has 0 unspecified atom stereocenters. The molecule has 0 aliphatic carbocycles. The zero-order chi connectivity index (χ0) is 21.3. The molecule has 0 radical (unpaired) electrons. The fraction of sp³-hybridized carbons (Fsp3) is 0.130. The van der Waals surface area contributed by atoms with E-state index in [2.05, 4.69) is 4.98 Å².